The minimum absolute atomic E-state index is 0.768. The predicted octanol–water partition coefficient (Wildman–Crippen LogP) is 0.689. The molecule has 2 N–H and O–H groups in total. The normalized spacial score (nSPS) is 15.7. The molecular formula is C5H17NOSi2. The van der Waals surface area contributed by atoms with Gasteiger partial charge in [-0.2, -0.15) is 0 Å². The van der Waals surface area contributed by atoms with Crippen molar-refractivity contribution in [2.24, 2.45) is 5.73 Å². The topological polar surface area (TPSA) is 35.2 Å². The molecule has 0 saturated heterocycles. The van der Waals surface area contributed by atoms with Crippen LogP contribution in [0.4, 0.5) is 0 Å². The summed E-state index contributed by atoms with van der Waals surface area (Å²) in [5, 5.41) is 0. The van der Waals surface area contributed by atoms with E-state index in [0.29, 0.717) is 0 Å². The molecule has 1 unspecified atom stereocenters. The molecule has 0 aliphatic rings. The first kappa shape index (κ1) is 9.35. The molecule has 0 aromatic heterocycles. The van der Waals surface area contributed by atoms with Crippen molar-refractivity contribution in [1.29, 1.82) is 0 Å². The van der Waals surface area contributed by atoms with Gasteiger partial charge in [0.05, 0.1) is 0 Å². The number of nitrogens with two attached hydrogens (primary N) is 1. The standard InChI is InChI=1S/C5H17NOSi2/c1-8(5-6)7-9(2,3)4/h8H,5-6H2,1-4H3. The van der Waals surface area contributed by atoms with Gasteiger partial charge in [-0.15, -0.1) is 0 Å². The average Bonchev–Trinajstić information content (AvgIpc) is 1.62. The van der Waals surface area contributed by atoms with Crippen LogP contribution in [-0.2, 0) is 4.12 Å². The van der Waals surface area contributed by atoms with E-state index in [1.165, 1.54) is 0 Å². The lowest BCUT2D eigenvalue weighted by atomic mass is 11.5. The van der Waals surface area contributed by atoms with Gasteiger partial charge in [0.15, 0.2) is 17.4 Å². The van der Waals surface area contributed by atoms with Gasteiger partial charge >= 0.3 is 0 Å². The molecule has 0 spiro atoms. The van der Waals surface area contributed by atoms with Crippen molar-refractivity contribution in [3.63, 3.8) is 0 Å². The van der Waals surface area contributed by atoms with Crippen molar-refractivity contribution in [2.45, 2.75) is 26.2 Å². The van der Waals surface area contributed by atoms with Gasteiger partial charge in [0, 0.05) is 6.17 Å². The molecule has 0 bridgehead atoms. The molecule has 0 heterocycles. The lowest BCUT2D eigenvalue weighted by Crippen LogP contribution is -2.37. The van der Waals surface area contributed by atoms with Crippen LogP contribution in [0.25, 0.3) is 0 Å². The van der Waals surface area contributed by atoms with Crippen LogP contribution in [0.2, 0.25) is 26.2 Å². The summed E-state index contributed by atoms with van der Waals surface area (Å²) in [6.45, 7) is 8.75. The van der Waals surface area contributed by atoms with Crippen LogP contribution in [0.15, 0.2) is 0 Å². The van der Waals surface area contributed by atoms with E-state index in [1.807, 2.05) is 0 Å². The Kier molecular flexibility index (Phi) is 3.64. The number of hydrogen-bond donors (Lipinski definition) is 1. The van der Waals surface area contributed by atoms with Gasteiger partial charge < -0.3 is 9.85 Å². The van der Waals surface area contributed by atoms with Gasteiger partial charge in [0.2, 0.25) is 0 Å². The van der Waals surface area contributed by atoms with E-state index < -0.39 is 17.4 Å². The second kappa shape index (κ2) is 3.50. The first-order chi connectivity index (χ1) is 3.95. The van der Waals surface area contributed by atoms with E-state index in [-0.39, 0.29) is 0 Å². The molecule has 0 amide bonds. The molecule has 9 heavy (non-hydrogen) atoms. The number of rotatable bonds is 3. The van der Waals surface area contributed by atoms with Gasteiger partial charge in [0.1, 0.15) is 0 Å². The summed E-state index contributed by atoms with van der Waals surface area (Å²) in [7, 11) is -2.23. The Hall–Kier alpha value is 0.354. The van der Waals surface area contributed by atoms with Crippen LogP contribution >= 0.6 is 0 Å². The molecule has 1 atom stereocenters. The van der Waals surface area contributed by atoms with E-state index in [1.54, 1.807) is 0 Å². The van der Waals surface area contributed by atoms with Crippen molar-refractivity contribution >= 4 is 17.4 Å². The van der Waals surface area contributed by atoms with Crippen LogP contribution in [-0.4, -0.2) is 23.5 Å². The maximum atomic E-state index is 5.74. The Labute approximate surface area is 60.3 Å². The molecule has 0 aromatic carbocycles. The summed E-state index contributed by atoms with van der Waals surface area (Å²) in [6.07, 6.45) is 0.768. The largest absolute Gasteiger partial charge is 0.457 e. The molecule has 0 saturated carbocycles. The molecule has 0 radical (unpaired) electrons. The maximum absolute atomic E-state index is 5.74. The maximum Gasteiger partial charge on any atom is 0.173 e. The highest BCUT2D eigenvalue weighted by Crippen LogP contribution is 2.03. The highest BCUT2D eigenvalue weighted by Gasteiger charge is 2.17. The van der Waals surface area contributed by atoms with E-state index in [9.17, 15) is 0 Å². The lowest BCUT2D eigenvalue weighted by molar-refractivity contribution is 0.575. The smallest absolute Gasteiger partial charge is 0.173 e. The molecule has 2 nitrogen and oxygen atoms in total. The Morgan fingerprint density at radius 2 is 1.89 bits per heavy atom. The molecule has 0 fully saturated rings. The van der Waals surface area contributed by atoms with Gasteiger partial charge in [-0.25, -0.2) is 0 Å². The van der Waals surface area contributed by atoms with E-state index in [4.69, 9.17) is 9.85 Å². The zero-order chi connectivity index (χ0) is 7.49. The Morgan fingerprint density at radius 3 is 2.00 bits per heavy atom. The third-order valence-corrected chi connectivity index (χ3v) is 5.99. The van der Waals surface area contributed by atoms with Crippen molar-refractivity contribution in [3.8, 4) is 0 Å². The fourth-order valence-corrected chi connectivity index (χ4v) is 5.86. The third-order valence-electron chi connectivity index (χ3n) is 0.887. The average molecular weight is 163 g/mol. The third kappa shape index (κ3) is 6.24. The van der Waals surface area contributed by atoms with E-state index in [0.717, 1.165) is 6.17 Å². The molecule has 0 aromatic rings. The van der Waals surface area contributed by atoms with E-state index in [2.05, 4.69) is 26.2 Å². The first-order valence-electron chi connectivity index (χ1n) is 3.33. The van der Waals surface area contributed by atoms with E-state index >= 15 is 0 Å². The second-order valence-corrected chi connectivity index (χ2v) is 10.5. The summed E-state index contributed by atoms with van der Waals surface area (Å²) >= 11 is 0. The minimum Gasteiger partial charge on any atom is -0.457 e. The van der Waals surface area contributed by atoms with Crippen molar-refractivity contribution in [3.05, 3.63) is 0 Å². The number of hydrogen-bond acceptors (Lipinski definition) is 2. The predicted molar refractivity (Wildman–Crippen MR) is 46.5 cm³/mol. The van der Waals surface area contributed by atoms with Crippen LogP contribution in [0.3, 0.4) is 0 Å². The summed E-state index contributed by atoms with van der Waals surface area (Å²) in [5.74, 6) is 0. The van der Waals surface area contributed by atoms with Gasteiger partial charge in [0.25, 0.3) is 0 Å². The Morgan fingerprint density at radius 1 is 1.44 bits per heavy atom. The lowest BCUT2D eigenvalue weighted by Gasteiger charge is -2.21. The summed E-state index contributed by atoms with van der Waals surface area (Å²) in [4.78, 5) is 0. The highest BCUT2D eigenvalue weighted by atomic mass is 28.4. The Bertz CT molecular complexity index is 81.5. The summed E-state index contributed by atoms with van der Waals surface area (Å²) < 4.78 is 5.74. The van der Waals surface area contributed by atoms with Gasteiger partial charge in [-0.1, -0.05) is 0 Å². The fraction of sp³-hybridized carbons (Fsp3) is 1.00. The van der Waals surface area contributed by atoms with Crippen molar-refractivity contribution in [2.75, 3.05) is 6.17 Å². The quantitative estimate of drug-likeness (QED) is 0.621. The molecule has 4 heteroatoms. The SMILES string of the molecule is C[SiH](CN)O[Si](C)(C)C. The van der Waals surface area contributed by atoms with Crippen molar-refractivity contribution < 1.29 is 4.12 Å². The van der Waals surface area contributed by atoms with Crippen LogP contribution in [0.1, 0.15) is 0 Å². The first-order valence-corrected chi connectivity index (χ1v) is 9.18. The van der Waals surface area contributed by atoms with Crippen LogP contribution in [0.5, 0.6) is 0 Å². The molecular weight excluding hydrogens is 146 g/mol. The second-order valence-electron chi connectivity index (χ2n) is 3.28. The van der Waals surface area contributed by atoms with Crippen molar-refractivity contribution in [1.82, 2.24) is 0 Å². The zero-order valence-electron chi connectivity index (χ0n) is 6.77. The monoisotopic (exact) mass is 163 g/mol. The fourth-order valence-electron chi connectivity index (χ4n) is 0.652. The van der Waals surface area contributed by atoms with Crippen LogP contribution in [0, 0.1) is 0 Å². The van der Waals surface area contributed by atoms with Gasteiger partial charge in [-0.05, 0) is 26.2 Å². The summed E-state index contributed by atoms with van der Waals surface area (Å²) in [6, 6.07) is 0. The summed E-state index contributed by atoms with van der Waals surface area (Å²) in [5.41, 5.74) is 5.44. The molecule has 0 rings (SSSR count). The van der Waals surface area contributed by atoms with Gasteiger partial charge in [-0.3, -0.25) is 0 Å². The minimum atomic E-state index is -1.26. The zero-order valence-corrected chi connectivity index (χ0v) is 8.92. The Balaban J connectivity index is 3.47. The molecule has 0 aliphatic heterocycles. The molecule has 0 aliphatic carbocycles. The highest BCUT2D eigenvalue weighted by molar-refractivity contribution is 6.77. The molecule has 56 valence electrons. The van der Waals surface area contributed by atoms with Crippen LogP contribution < -0.4 is 5.73 Å².